The van der Waals surface area contributed by atoms with Crippen LogP contribution in [0.4, 0.5) is 5.69 Å². The summed E-state index contributed by atoms with van der Waals surface area (Å²) in [7, 11) is -0.660. The molecule has 2 aromatic carbocycles. The van der Waals surface area contributed by atoms with E-state index in [1.54, 1.807) is 18.2 Å². The van der Waals surface area contributed by atoms with Gasteiger partial charge in [-0.05, 0) is 48.9 Å². The molecule has 2 aromatic rings. The first-order chi connectivity index (χ1) is 13.3. The Morgan fingerprint density at radius 1 is 1.25 bits per heavy atom. The summed E-state index contributed by atoms with van der Waals surface area (Å²) in [4.78, 5) is 12.2. The van der Waals surface area contributed by atoms with E-state index in [-0.39, 0.29) is 28.8 Å². The zero-order chi connectivity index (χ0) is 20.7. The highest BCUT2D eigenvalue weighted by molar-refractivity contribution is 7.89. The number of halogens is 1. The number of carbonyl (C=O) groups excluding carboxylic acids is 1. The van der Waals surface area contributed by atoms with Gasteiger partial charge in [0.15, 0.2) is 0 Å². The van der Waals surface area contributed by atoms with Gasteiger partial charge in [0.05, 0.1) is 22.6 Å². The van der Waals surface area contributed by atoms with Crippen LogP contribution in [0.3, 0.4) is 0 Å². The van der Waals surface area contributed by atoms with Gasteiger partial charge in [0.25, 0.3) is 0 Å². The van der Waals surface area contributed by atoms with E-state index in [1.165, 1.54) is 42.7 Å². The Balaban J connectivity index is 1.88. The first-order valence-corrected chi connectivity index (χ1v) is 10.2. The van der Waals surface area contributed by atoms with E-state index in [4.69, 9.17) is 21.6 Å². The molecule has 0 aliphatic carbocycles. The molecule has 0 spiro atoms. The van der Waals surface area contributed by atoms with E-state index >= 15 is 0 Å². The topological polar surface area (TPSA) is 99.5 Å². The van der Waals surface area contributed by atoms with Crippen LogP contribution in [-0.4, -0.2) is 39.3 Å². The highest BCUT2D eigenvalue weighted by atomic mass is 35.5. The van der Waals surface area contributed by atoms with Crippen LogP contribution in [0.5, 0.6) is 5.75 Å². The molecule has 1 amide bonds. The molecular formula is C19H20ClN3O4S. The lowest BCUT2D eigenvalue weighted by molar-refractivity contribution is -0.116. The number of carbonyl (C=O) groups is 1. The summed E-state index contributed by atoms with van der Waals surface area (Å²) < 4.78 is 31.3. The van der Waals surface area contributed by atoms with Gasteiger partial charge in [0.2, 0.25) is 15.9 Å². The van der Waals surface area contributed by atoms with Crippen LogP contribution in [0.2, 0.25) is 5.02 Å². The van der Waals surface area contributed by atoms with Gasteiger partial charge in [-0.25, -0.2) is 12.7 Å². The molecular weight excluding hydrogens is 402 g/mol. The van der Waals surface area contributed by atoms with Gasteiger partial charge in [0, 0.05) is 25.7 Å². The monoisotopic (exact) mass is 421 g/mol. The van der Waals surface area contributed by atoms with E-state index in [9.17, 15) is 13.2 Å². The summed E-state index contributed by atoms with van der Waals surface area (Å²) in [5, 5.41) is 11.8. The lowest BCUT2D eigenvalue weighted by atomic mass is 10.2. The molecule has 0 fully saturated rings. The maximum absolute atomic E-state index is 12.5. The van der Waals surface area contributed by atoms with Gasteiger partial charge in [0.1, 0.15) is 11.8 Å². The highest BCUT2D eigenvalue weighted by Crippen LogP contribution is 2.21. The second-order valence-electron chi connectivity index (χ2n) is 5.96. The molecule has 0 atom stereocenters. The second-order valence-corrected chi connectivity index (χ2v) is 8.41. The third kappa shape index (κ3) is 5.45. The molecule has 0 aliphatic heterocycles. The maximum atomic E-state index is 12.5. The quantitative estimate of drug-likeness (QED) is 0.705. The minimum atomic E-state index is -3.64. The Morgan fingerprint density at radius 3 is 2.50 bits per heavy atom. The number of hydrogen-bond acceptors (Lipinski definition) is 5. The van der Waals surface area contributed by atoms with Crippen LogP contribution >= 0.6 is 11.6 Å². The predicted molar refractivity (Wildman–Crippen MR) is 107 cm³/mol. The number of amides is 1. The third-order valence-electron chi connectivity index (χ3n) is 4.02. The molecule has 0 bridgehead atoms. The number of hydrogen-bond donors (Lipinski definition) is 1. The van der Waals surface area contributed by atoms with E-state index in [2.05, 4.69) is 5.32 Å². The Morgan fingerprint density at radius 2 is 1.93 bits per heavy atom. The first kappa shape index (κ1) is 21.7. The minimum absolute atomic E-state index is 0.139. The molecule has 9 heteroatoms. The fraction of sp³-hybridized carbons (Fsp3) is 0.263. The van der Waals surface area contributed by atoms with E-state index in [0.29, 0.717) is 23.4 Å². The van der Waals surface area contributed by atoms with E-state index in [1.807, 2.05) is 6.07 Å². The van der Waals surface area contributed by atoms with E-state index in [0.717, 1.165) is 0 Å². The van der Waals surface area contributed by atoms with Crippen LogP contribution in [0.15, 0.2) is 47.4 Å². The largest absolute Gasteiger partial charge is 0.497 e. The zero-order valence-electron chi connectivity index (χ0n) is 15.5. The number of anilines is 1. The summed E-state index contributed by atoms with van der Waals surface area (Å²) in [6, 6.07) is 12.7. The molecule has 0 unspecified atom stereocenters. The molecule has 0 radical (unpaired) electrons. The number of nitrogens with one attached hydrogen (secondary N) is 1. The van der Waals surface area contributed by atoms with Gasteiger partial charge in [-0.15, -0.1) is 0 Å². The highest BCUT2D eigenvalue weighted by Gasteiger charge is 2.20. The van der Waals surface area contributed by atoms with E-state index < -0.39 is 10.0 Å². The lowest BCUT2D eigenvalue weighted by Gasteiger charge is -2.17. The molecule has 0 aromatic heterocycles. The minimum Gasteiger partial charge on any atom is -0.497 e. The van der Waals surface area contributed by atoms with Crippen molar-refractivity contribution in [1.29, 1.82) is 5.26 Å². The normalized spacial score (nSPS) is 11.1. The summed E-state index contributed by atoms with van der Waals surface area (Å²) in [6.07, 6.45) is 0.488. The first-order valence-electron chi connectivity index (χ1n) is 8.38. The molecule has 0 saturated heterocycles. The molecule has 0 aliphatic rings. The van der Waals surface area contributed by atoms with Crippen molar-refractivity contribution >= 4 is 33.2 Å². The SMILES string of the molecule is COc1ccc(S(=O)(=O)N(C)CCCC(=O)Nc2ccc(C#N)c(Cl)c2)cc1. The van der Waals surface area contributed by atoms with Crippen molar-refractivity contribution in [3.63, 3.8) is 0 Å². The fourth-order valence-corrected chi connectivity index (χ4v) is 3.85. The summed E-state index contributed by atoms with van der Waals surface area (Å²) in [5.74, 6) is 0.303. The molecule has 0 heterocycles. The van der Waals surface area contributed by atoms with Crippen molar-refractivity contribution in [2.45, 2.75) is 17.7 Å². The Bertz CT molecular complexity index is 985. The maximum Gasteiger partial charge on any atom is 0.242 e. The van der Waals surface area contributed by atoms with Gasteiger partial charge in [-0.2, -0.15) is 5.26 Å². The Hall–Kier alpha value is -2.60. The van der Waals surface area contributed by atoms with Crippen molar-refractivity contribution in [2.75, 3.05) is 26.0 Å². The van der Waals surface area contributed by atoms with Gasteiger partial charge in [-0.1, -0.05) is 11.6 Å². The third-order valence-corrected chi connectivity index (χ3v) is 6.20. The second kappa shape index (κ2) is 9.55. The van der Waals surface area contributed by atoms with Crippen molar-refractivity contribution in [3.05, 3.63) is 53.1 Å². The number of benzene rings is 2. The molecule has 2 rings (SSSR count). The molecule has 28 heavy (non-hydrogen) atoms. The van der Waals surface area contributed by atoms with Crippen LogP contribution in [0.1, 0.15) is 18.4 Å². The number of nitrogens with zero attached hydrogens (tertiary/aromatic N) is 2. The number of sulfonamides is 1. The van der Waals surface area contributed by atoms with Gasteiger partial charge < -0.3 is 10.1 Å². The van der Waals surface area contributed by atoms with Gasteiger partial charge >= 0.3 is 0 Å². The van der Waals surface area contributed by atoms with Crippen LogP contribution in [-0.2, 0) is 14.8 Å². The number of methoxy groups -OCH3 is 1. The average molecular weight is 422 g/mol. The lowest BCUT2D eigenvalue weighted by Crippen LogP contribution is -2.28. The predicted octanol–water partition coefficient (Wildman–Crippen LogP) is 3.26. The molecule has 148 valence electrons. The number of ether oxygens (including phenoxy) is 1. The Kier molecular flexibility index (Phi) is 7.40. The van der Waals surface area contributed by atoms with Gasteiger partial charge in [-0.3, -0.25) is 4.79 Å². The average Bonchev–Trinajstić information content (AvgIpc) is 2.68. The number of rotatable bonds is 8. The summed E-state index contributed by atoms with van der Waals surface area (Å²) in [6.45, 7) is 0.190. The smallest absolute Gasteiger partial charge is 0.242 e. The fourth-order valence-electron chi connectivity index (χ4n) is 2.42. The molecule has 7 nitrogen and oxygen atoms in total. The van der Waals surface area contributed by atoms with Crippen molar-refractivity contribution in [1.82, 2.24) is 4.31 Å². The zero-order valence-corrected chi connectivity index (χ0v) is 17.0. The summed E-state index contributed by atoms with van der Waals surface area (Å²) in [5.41, 5.74) is 0.804. The van der Waals surface area contributed by atoms with Crippen LogP contribution < -0.4 is 10.1 Å². The van der Waals surface area contributed by atoms with Crippen molar-refractivity contribution < 1.29 is 17.9 Å². The van der Waals surface area contributed by atoms with Crippen LogP contribution in [0.25, 0.3) is 0 Å². The standard InChI is InChI=1S/C19H20ClN3O4S/c1-23(28(25,26)17-9-7-16(27-2)8-10-17)11-3-4-19(24)22-15-6-5-14(13-21)18(20)12-15/h5-10,12H,3-4,11H2,1-2H3,(H,22,24). The van der Waals surface area contributed by atoms with Crippen LogP contribution in [0, 0.1) is 11.3 Å². The van der Waals surface area contributed by atoms with Crippen molar-refractivity contribution in [3.8, 4) is 11.8 Å². The van der Waals surface area contributed by atoms with Crippen molar-refractivity contribution in [2.24, 2.45) is 0 Å². The Labute approximate surface area is 169 Å². The summed E-state index contributed by atoms with van der Waals surface area (Å²) >= 11 is 5.93. The molecule has 0 saturated carbocycles. The number of nitriles is 1. The molecule has 1 N–H and O–H groups in total.